The molecule has 1 aromatic heterocycles. The summed E-state index contributed by atoms with van der Waals surface area (Å²) < 4.78 is 12.6. The number of nitrogens with one attached hydrogen (secondary N) is 2. The Morgan fingerprint density at radius 3 is 2.53 bits per heavy atom. The first-order valence-electron chi connectivity index (χ1n) is 5.85. The molecule has 1 heterocycles. The van der Waals surface area contributed by atoms with Crippen LogP contribution in [0.25, 0.3) is 0 Å². The molecule has 4 nitrogen and oxygen atoms in total. The average molecular weight is 259 g/mol. The van der Waals surface area contributed by atoms with Gasteiger partial charge in [0.15, 0.2) is 0 Å². The summed E-state index contributed by atoms with van der Waals surface area (Å²) in [5, 5.41) is 5.69. The quantitative estimate of drug-likeness (QED) is 0.828. The minimum Gasteiger partial charge on any atom is -0.380 e. The summed E-state index contributed by atoms with van der Waals surface area (Å²) in [5.74, 6) is -0.609. The van der Waals surface area contributed by atoms with Crippen LogP contribution in [-0.4, -0.2) is 17.9 Å². The summed E-state index contributed by atoms with van der Waals surface area (Å²) in [6, 6.07) is 10.2. The van der Waals surface area contributed by atoms with Crippen molar-refractivity contribution in [1.29, 1.82) is 0 Å². The number of halogens is 1. The molecule has 0 bridgehead atoms. The second-order valence-electron chi connectivity index (χ2n) is 4.00. The highest BCUT2D eigenvalue weighted by atomic mass is 19.1. The molecule has 1 aromatic carbocycles. The largest absolute Gasteiger partial charge is 0.380 e. The molecule has 0 radical (unpaired) electrons. The predicted molar refractivity (Wildman–Crippen MR) is 71.4 cm³/mol. The van der Waals surface area contributed by atoms with E-state index >= 15 is 0 Å². The van der Waals surface area contributed by atoms with Crippen molar-refractivity contribution in [3.05, 3.63) is 59.7 Å². The fraction of sp³-hybridized carbons (Fsp3) is 0.143. The van der Waals surface area contributed by atoms with E-state index in [1.807, 2.05) is 12.1 Å². The van der Waals surface area contributed by atoms with Crippen LogP contribution in [0, 0.1) is 5.95 Å². The molecule has 19 heavy (non-hydrogen) atoms. The van der Waals surface area contributed by atoms with Crippen LogP contribution < -0.4 is 10.6 Å². The van der Waals surface area contributed by atoms with Crippen molar-refractivity contribution >= 4 is 11.6 Å². The molecule has 0 saturated heterocycles. The highest BCUT2D eigenvalue weighted by molar-refractivity contribution is 5.93. The first kappa shape index (κ1) is 13.0. The van der Waals surface area contributed by atoms with Crippen LogP contribution in [0.15, 0.2) is 42.6 Å². The molecule has 5 heteroatoms. The first-order chi connectivity index (χ1) is 9.19. The van der Waals surface area contributed by atoms with Crippen molar-refractivity contribution in [2.45, 2.75) is 6.54 Å². The van der Waals surface area contributed by atoms with Crippen LogP contribution in [0.4, 0.5) is 10.1 Å². The highest BCUT2D eigenvalue weighted by Crippen LogP contribution is 2.09. The number of carbonyl (C=O) groups excluding carboxylic acids is 1. The molecule has 2 aromatic rings. The van der Waals surface area contributed by atoms with E-state index in [4.69, 9.17) is 0 Å². The standard InChI is InChI=1S/C14H14FN3O/c1-16-14(19)11-4-2-10(3-5-11)8-17-12-6-7-13(15)18-9-12/h2-7,9,17H,8H2,1H3,(H,16,19). The van der Waals surface area contributed by atoms with Gasteiger partial charge in [0.25, 0.3) is 5.91 Å². The van der Waals surface area contributed by atoms with E-state index in [-0.39, 0.29) is 5.91 Å². The number of hydrogen-bond acceptors (Lipinski definition) is 3. The normalized spacial score (nSPS) is 10.0. The molecule has 98 valence electrons. The Bertz CT molecular complexity index is 552. The molecule has 0 unspecified atom stereocenters. The summed E-state index contributed by atoms with van der Waals surface area (Å²) in [6.45, 7) is 0.585. The Hall–Kier alpha value is -2.43. The molecular weight excluding hydrogens is 245 g/mol. The number of anilines is 1. The van der Waals surface area contributed by atoms with Crippen molar-refractivity contribution in [3.63, 3.8) is 0 Å². The summed E-state index contributed by atoms with van der Waals surface area (Å²) >= 11 is 0. The van der Waals surface area contributed by atoms with Crippen LogP contribution in [0.2, 0.25) is 0 Å². The zero-order chi connectivity index (χ0) is 13.7. The zero-order valence-electron chi connectivity index (χ0n) is 10.5. The van der Waals surface area contributed by atoms with Crippen LogP contribution in [0.3, 0.4) is 0 Å². The third-order valence-corrected chi connectivity index (χ3v) is 2.67. The van der Waals surface area contributed by atoms with Crippen LogP contribution in [-0.2, 0) is 6.54 Å². The Morgan fingerprint density at radius 1 is 1.21 bits per heavy atom. The monoisotopic (exact) mass is 259 g/mol. The van der Waals surface area contributed by atoms with Crippen molar-refractivity contribution in [2.75, 3.05) is 12.4 Å². The summed E-state index contributed by atoms with van der Waals surface area (Å²) in [7, 11) is 1.60. The Morgan fingerprint density at radius 2 is 1.95 bits per heavy atom. The van der Waals surface area contributed by atoms with Gasteiger partial charge in [0.2, 0.25) is 5.95 Å². The molecule has 1 amide bonds. The molecule has 0 saturated carbocycles. The molecule has 0 aliphatic carbocycles. The van der Waals surface area contributed by atoms with E-state index < -0.39 is 5.95 Å². The van der Waals surface area contributed by atoms with Crippen molar-refractivity contribution in [3.8, 4) is 0 Å². The van der Waals surface area contributed by atoms with Gasteiger partial charge in [0, 0.05) is 19.2 Å². The molecule has 0 spiro atoms. The van der Waals surface area contributed by atoms with E-state index in [1.165, 1.54) is 12.3 Å². The summed E-state index contributed by atoms with van der Waals surface area (Å²) in [6.07, 6.45) is 1.44. The van der Waals surface area contributed by atoms with Crippen molar-refractivity contribution in [2.24, 2.45) is 0 Å². The van der Waals surface area contributed by atoms with Gasteiger partial charge in [-0.15, -0.1) is 0 Å². The van der Waals surface area contributed by atoms with E-state index in [9.17, 15) is 9.18 Å². The third-order valence-electron chi connectivity index (χ3n) is 2.67. The van der Waals surface area contributed by atoms with Gasteiger partial charge in [-0.1, -0.05) is 12.1 Å². The van der Waals surface area contributed by atoms with Gasteiger partial charge in [-0.2, -0.15) is 4.39 Å². The lowest BCUT2D eigenvalue weighted by molar-refractivity contribution is 0.0963. The lowest BCUT2D eigenvalue weighted by atomic mass is 10.1. The summed E-state index contributed by atoms with van der Waals surface area (Å²) in [5.41, 5.74) is 2.39. The van der Waals surface area contributed by atoms with E-state index in [0.717, 1.165) is 11.3 Å². The first-order valence-corrected chi connectivity index (χ1v) is 5.85. The second-order valence-corrected chi connectivity index (χ2v) is 4.00. The van der Waals surface area contributed by atoms with Gasteiger partial charge in [-0.3, -0.25) is 4.79 Å². The van der Waals surface area contributed by atoms with Crippen LogP contribution >= 0.6 is 0 Å². The maximum Gasteiger partial charge on any atom is 0.251 e. The highest BCUT2D eigenvalue weighted by Gasteiger charge is 2.02. The van der Waals surface area contributed by atoms with Crippen LogP contribution in [0.5, 0.6) is 0 Å². The second kappa shape index (κ2) is 5.95. The average Bonchev–Trinajstić information content (AvgIpc) is 2.46. The van der Waals surface area contributed by atoms with Gasteiger partial charge < -0.3 is 10.6 Å². The maximum atomic E-state index is 12.6. The third kappa shape index (κ3) is 3.51. The van der Waals surface area contributed by atoms with Crippen molar-refractivity contribution < 1.29 is 9.18 Å². The molecule has 0 aliphatic heterocycles. The molecule has 0 atom stereocenters. The Kier molecular flexibility index (Phi) is 4.07. The fourth-order valence-corrected chi connectivity index (χ4v) is 1.60. The van der Waals surface area contributed by atoms with Crippen LogP contribution in [0.1, 0.15) is 15.9 Å². The minimum absolute atomic E-state index is 0.109. The lowest BCUT2D eigenvalue weighted by Gasteiger charge is -2.06. The maximum absolute atomic E-state index is 12.6. The number of carbonyl (C=O) groups is 1. The predicted octanol–water partition coefficient (Wildman–Crippen LogP) is 2.19. The number of amides is 1. The number of aromatic nitrogens is 1. The Labute approximate surface area is 110 Å². The van der Waals surface area contributed by atoms with Crippen molar-refractivity contribution in [1.82, 2.24) is 10.3 Å². The van der Waals surface area contributed by atoms with E-state index in [1.54, 1.807) is 25.2 Å². The number of nitrogens with zero attached hydrogens (tertiary/aromatic N) is 1. The topological polar surface area (TPSA) is 54.0 Å². The zero-order valence-corrected chi connectivity index (χ0v) is 10.5. The van der Waals surface area contributed by atoms with Gasteiger partial charge in [0.05, 0.1) is 11.9 Å². The number of hydrogen-bond donors (Lipinski definition) is 2. The number of benzene rings is 1. The Balaban J connectivity index is 1.96. The number of pyridine rings is 1. The molecule has 0 aliphatic rings. The molecular formula is C14H14FN3O. The van der Waals surface area contributed by atoms with Gasteiger partial charge in [0.1, 0.15) is 0 Å². The van der Waals surface area contributed by atoms with E-state index in [0.29, 0.717) is 12.1 Å². The SMILES string of the molecule is CNC(=O)c1ccc(CNc2ccc(F)nc2)cc1. The fourth-order valence-electron chi connectivity index (χ4n) is 1.60. The number of rotatable bonds is 4. The molecule has 2 N–H and O–H groups in total. The van der Waals surface area contributed by atoms with Gasteiger partial charge >= 0.3 is 0 Å². The smallest absolute Gasteiger partial charge is 0.251 e. The lowest BCUT2D eigenvalue weighted by Crippen LogP contribution is -2.17. The molecule has 0 fully saturated rings. The van der Waals surface area contributed by atoms with Gasteiger partial charge in [-0.05, 0) is 29.8 Å². The summed E-state index contributed by atoms with van der Waals surface area (Å²) in [4.78, 5) is 14.9. The van der Waals surface area contributed by atoms with Gasteiger partial charge in [-0.25, -0.2) is 4.98 Å². The minimum atomic E-state index is -0.500. The molecule has 2 rings (SSSR count). The van der Waals surface area contributed by atoms with E-state index in [2.05, 4.69) is 15.6 Å².